The van der Waals surface area contributed by atoms with Gasteiger partial charge >= 0.3 is 6.03 Å². The Morgan fingerprint density at radius 3 is 2.80 bits per heavy atom. The number of hydrogen-bond acceptors (Lipinski definition) is 5. The molecule has 0 radical (unpaired) electrons. The average molecular weight is 401 g/mol. The maximum atomic E-state index is 14.1. The number of fused-ring (bicyclic) bond motifs is 1. The molecule has 2 aromatic carbocycles. The molecule has 0 aliphatic rings. The lowest BCUT2D eigenvalue weighted by molar-refractivity contribution is 0.262. The summed E-state index contributed by atoms with van der Waals surface area (Å²) in [4.78, 5) is 16.6. The van der Waals surface area contributed by atoms with E-state index in [9.17, 15) is 9.18 Å². The highest BCUT2D eigenvalue weighted by atomic mass is 19.1. The van der Waals surface area contributed by atoms with Crippen LogP contribution in [0.1, 0.15) is 11.1 Å². The Hall–Kier alpha value is -4.45. The van der Waals surface area contributed by atoms with Gasteiger partial charge in [0.15, 0.2) is 5.82 Å². The summed E-state index contributed by atoms with van der Waals surface area (Å²) in [5, 5.41) is 21.6. The molecule has 8 nitrogen and oxygen atoms in total. The van der Waals surface area contributed by atoms with E-state index in [4.69, 9.17) is 11.0 Å². The maximum absolute atomic E-state index is 14.1. The Kier molecular flexibility index (Phi) is 4.74. The lowest BCUT2D eigenvalue weighted by Crippen LogP contribution is -2.20. The number of halogens is 1. The summed E-state index contributed by atoms with van der Waals surface area (Å²) in [5.74, 6) is -0.310. The summed E-state index contributed by atoms with van der Waals surface area (Å²) in [7, 11) is 0. The van der Waals surface area contributed by atoms with Gasteiger partial charge in [-0.25, -0.2) is 9.18 Å². The third-order valence-electron chi connectivity index (χ3n) is 4.60. The van der Waals surface area contributed by atoms with E-state index < -0.39 is 11.8 Å². The summed E-state index contributed by atoms with van der Waals surface area (Å²) in [6.45, 7) is 1.66. The van der Waals surface area contributed by atoms with E-state index in [0.29, 0.717) is 22.8 Å². The fraction of sp³-hybridized carbons (Fsp3) is 0.0476. The van der Waals surface area contributed by atoms with Crippen LogP contribution in [-0.2, 0) is 0 Å². The molecule has 0 aliphatic carbocycles. The van der Waals surface area contributed by atoms with Gasteiger partial charge in [0.05, 0.1) is 45.8 Å². The molecule has 2 amide bonds. The van der Waals surface area contributed by atoms with Gasteiger partial charge in [-0.2, -0.15) is 10.4 Å². The number of anilines is 3. The molecular formula is C21H16FN7O. The number of rotatable bonds is 3. The number of aryl methyl sites for hydroxylation is 1. The SMILES string of the molecule is Cc1cc(NC(=O)Nc2ccc(-c3cccc4[nH]nc(N)c34)nc2)c(F)cc1C#N. The van der Waals surface area contributed by atoms with E-state index in [1.807, 2.05) is 24.3 Å². The minimum absolute atomic E-state index is 0.0179. The van der Waals surface area contributed by atoms with Crippen molar-refractivity contribution in [2.24, 2.45) is 0 Å². The molecule has 0 bridgehead atoms. The van der Waals surface area contributed by atoms with Crippen molar-refractivity contribution in [3.63, 3.8) is 0 Å². The lowest BCUT2D eigenvalue weighted by atomic mass is 10.1. The van der Waals surface area contributed by atoms with E-state index in [1.165, 1.54) is 12.3 Å². The summed E-state index contributed by atoms with van der Waals surface area (Å²) in [5.41, 5.74) is 9.40. The van der Waals surface area contributed by atoms with E-state index in [1.54, 1.807) is 19.1 Å². The second kappa shape index (κ2) is 7.52. The number of urea groups is 1. The smallest absolute Gasteiger partial charge is 0.323 e. The van der Waals surface area contributed by atoms with Gasteiger partial charge in [-0.3, -0.25) is 10.1 Å². The van der Waals surface area contributed by atoms with Crippen molar-refractivity contribution in [3.05, 3.63) is 65.6 Å². The van der Waals surface area contributed by atoms with Crippen molar-refractivity contribution in [2.75, 3.05) is 16.4 Å². The van der Waals surface area contributed by atoms with Crippen molar-refractivity contribution in [1.29, 1.82) is 5.26 Å². The van der Waals surface area contributed by atoms with Crippen LogP contribution >= 0.6 is 0 Å². The molecule has 0 saturated heterocycles. The minimum Gasteiger partial charge on any atom is -0.382 e. The third-order valence-corrected chi connectivity index (χ3v) is 4.60. The normalized spacial score (nSPS) is 10.6. The zero-order chi connectivity index (χ0) is 21.3. The average Bonchev–Trinajstić information content (AvgIpc) is 3.12. The van der Waals surface area contributed by atoms with Gasteiger partial charge in [0.1, 0.15) is 5.82 Å². The number of nitrogens with zero attached hydrogens (tertiary/aromatic N) is 3. The molecule has 148 valence electrons. The van der Waals surface area contributed by atoms with Crippen LogP contribution in [0.4, 0.5) is 26.4 Å². The number of nitriles is 1. The third kappa shape index (κ3) is 3.49. The largest absolute Gasteiger partial charge is 0.382 e. The summed E-state index contributed by atoms with van der Waals surface area (Å²) < 4.78 is 14.1. The summed E-state index contributed by atoms with van der Waals surface area (Å²) in [6, 6.07) is 12.8. The second-order valence-corrected chi connectivity index (χ2v) is 6.61. The highest BCUT2D eigenvalue weighted by Crippen LogP contribution is 2.30. The second-order valence-electron chi connectivity index (χ2n) is 6.61. The first kappa shape index (κ1) is 18.9. The molecule has 4 aromatic rings. The number of carbonyl (C=O) groups is 1. The van der Waals surface area contributed by atoms with E-state index in [2.05, 4.69) is 25.8 Å². The molecule has 9 heteroatoms. The number of nitrogens with one attached hydrogen (secondary N) is 3. The Morgan fingerprint density at radius 2 is 2.07 bits per heavy atom. The molecule has 5 N–H and O–H groups in total. The molecule has 0 unspecified atom stereocenters. The van der Waals surface area contributed by atoms with Gasteiger partial charge in [0.25, 0.3) is 0 Å². The highest BCUT2D eigenvalue weighted by Gasteiger charge is 2.12. The topological polar surface area (TPSA) is 133 Å². The number of carbonyl (C=O) groups excluding carboxylic acids is 1. The number of hydrogen-bond donors (Lipinski definition) is 4. The standard InChI is InChI=1S/C21H16FN7O/c1-11-7-18(15(22)8-12(11)9-23)27-21(30)26-13-5-6-16(25-10-13)14-3-2-4-17-19(14)20(24)29-28-17/h2-8,10H,1H3,(H3,24,28,29)(H2,26,27,30). The number of amides is 2. The van der Waals surface area contributed by atoms with Crippen LogP contribution in [0.3, 0.4) is 0 Å². The van der Waals surface area contributed by atoms with Gasteiger partial charge in [-0.15, -0.1) is 0 Å². The van der Waals surface area contributed by atoms with Crippen LogP contribution in [0.5, 0.6) is 0 Å². The molecule has 2 heterocycles. The number of H-pyrrole nitrogens is 1. The molecule has 2 aromatic heterocycles. The van der Waals surface area contributed by atoms with Crippen LogP contribution in [0.2, 0.25) is 0 Å². The number of nitrogen functional groups attached to an aromatic ring is 1. The Balaban J connectivity index is 1.51. The van der Waals surface area contributed by atoms with Gasteiger partial charge in [0, 0.05) is 5.56 Å². The predicted octanol–water partition coefficient (Wildman–Crippen LogP) is 4.17. The first-order valence-electron chi connectivity index (χ1n) is 8.93. The molecule has 0 spiro atoms. The van der Waals surface area contributed by atoms with Gasteiger partial charge in [-0.05, 0) is 42.8 Å². The monoisotopic (exact) mass is 401 g/mol. The highest BCUT2D eigenvalue weighted by molar-refractivity contribution is 6.02. The first-order valence-corrected chi connectivity index (χ1v) is 8.93. The van der Waals surface area contributed by atoms with Crippen molar-refractivity contribution in [2.45, 2.75) is 6.92 Å². The Morgan fingerprint density at radius 1 is 1.23 bits per heavy atom. The number of aromatic amines is 1. The predicted molar refractivity (Wildman–Crippen MR) is 112 cm³/mol. The fourth-order valence-electron chi connectivity index (χ4n) is 3.12. The summed E-state index contributed by atoms with van der Waals surface area (Å²) >= 11 is 0. The van der Waals surface area contributed by atoms with E-state index in [-0.39, 0.29) is 11.3 Å². The van der Waals surface area contributed by atoms with Crippen molar-refractivity contribution in [3.8, 4) is 17.3 Å². The van der Waals surface area contributed by atoms with Crippen LogP contribution in [0.25, 0.3) is 22.2 Å². The van der Waals surface area contributed by atoms with Crippen LogP contribution < -0.4 is 16.4 Å². The number of pyridine rings is 1. The van der Waals surface area contributed by atoms with Crippen LogP contribution in [0.15, 0.2) is 48.7 Å². The molecule has 30 heavy (non-hydrogen) atoms. The maximum Gasteiger partial charge on any atom is 0.323 e. The van der Waals surface area contributed by atoms with Gasteiger partial charge in [-0.1, -0.05) is 12.1 Å². The molecular weight excluding hydrogens is 385 g/mol. The molecule has 0 atom stereocenters. The lowest BCUT2D eigenvalue weighted by Gasteiger charge is -2.10. The number of aromatic nitrogens is 3. The molecule has 4 rings (SSSR count). The van der Waals surface area contributed by atoms with Gasteiger partial charge < -0.3 is 16.4 Å². The van der Waals surface area contributed by atoms with Crippen molar-refractivity contribution >= 4 is 34.1 Å². The van der Waals surface area contributed by atoms with Gasteiger partial charge in [0.2, 0.25) is 0 Å². The van der Waals surface area contributed by atoms with Crippen molar-refractivity contribution < 1.29 is 9.18 Å². The zero-order valence-corrected chi connectivity index (χ0v) is 15.8. The van der Waals surface area contributed by atoms with Crippen LogP contribution in [0, 0.1) is 24.1 Å². The Bertz CT molecular complexity index is 1310. The molecule has 0 aliphatic heterocycles. The van der Waals surface area contributed by atoms with Crippen molar-refractivity contribution in [1.82, 2.24) is 15.2 Å². The zero-order valence-electron chi connectivity index (χ0n) is 15.8. The van der Waals surface area contributed by atoms with E-state index in [0.717, 1.165) is 22.5 Å². The number of benzene rings is 2. The minimum atomic E-state index is -0.688. The molecule has 0 fully saturated rings. The van der Waals surface area contributed by atoms with E-state index >= 15 is 0 Å². The van der Waals surface area contributed by atoms with Crippen LogP contribution in [-0.4, -0.2) is 21.2 Å². The fourth-order valence-corrected chi connectivity index (χ4v) is 3.12. The quantitative estimate of drug-likeness (QED) is 0.409. The summed E-state index contributed by atoms with van der Waals surface area (Å²) in [6.07, 6.45) is 1.49. The first-order chi connectivity index (χ1) is 14.5. The Labute approximate surface area is 170 Å². The number of nitrogens with two attached hydrogens (primary N) is 1. The molecule has 0 saturated carbocycles.